The van der Waals surface area contributed by atoms with Crippen LogP contribution in [0.25, 0.3) is 0 Å². The molecule has 1 aliphatic rings. The number of halogens is 1. The minimum Gasteiger partial charge on any atom is -0.439 e. The minimum absolute atomic E-state index is 0.00486. The van der Waals surface area contributed by atoms with Crippen molar-refractivity contribution in [3.05, 3.63) is 77.9 Å². The van der Waals surface area contributed by atoms with Gasteiger partial charge in [-0.1, -0.05) is 30.3 Å². The monoisotopic (exact) mass is 450 g/mol. The summed E-state index contributed by atoms with van der Waals surface area (Å²) in [5.74, 6) is 1.32. The van der Waals surface area contributed by atoms with Gasteiger partial charge in [0.05, 0.1) is 6.61 Å². The van der Waals surface area contributed by atoms with Gasteiger partial charge in [-0.2, -0.15) is 0 Å². The van der Waals surface area contributed by atoms with Gasteiger partial charge in [0.2, 0.25) is 11.8 Å². The Hall–Kier alpha value is -3.52. The number of hydrogen-bond donors (Lipinski definition) is 0. The number of aryl methyl sites for hydroxylation is 1. The second kappa shape index (κ2) is 10.4. The molecule has 1 fully saturated rings. The third kappa shape index (κ3) is 5.84. The van der Waals surface area contributed by atoms with Crippen molar-refractivity contribution in [2.45, 2.75) is 26.5 Å². The molecule has 3 aromatic rings. The van der Waals surface area contributed by atoms with Gasteiger partial charge >= 0.3 is 0 Å². The van der Waals surface area contributed by atoms with Crippen molar-refractivity contribution in [3.8, 4) is 11.6 Å². The second-order valence-corrected chi connectivity index (χ2v) is 8.09. The van der Waals surface area contributed by atoms with Crippen molar-refractivity contribution < 1.29 is 18.7 Å². The summed E-state index contributed by atoms with van der Waals surface area (Å²) in [5, 5.41) is 0. The molecule has 0 radical (unpaired) electrons. The summed E-state index contributed by atoms with van der Waals surface area (Å²) in [7, 11) is 0. The van der Waals surface area contributed by atoms with Crippen molar-refractivity contribution in [3.63, 3.8) is 0 Å². The number of rotatable bonds is 7. The van der Waals surface area contributed by atoms with Gasteiger partial charge in [-0.15, -0.1) is 0 Å². The lowest BCUT2D eigenvalue weighted by molar-refractivity contribution is -0.139. The fourth-order valence-electron chi connectivity index (χ4n) is 3.85. The molecule has 1 aromatic heterocycles. The standard InChI is InChI=1S/C25H27FN4O3/c1-18-12-21(26)8-9-22(18)33-24-13-23(27-17-28-24)29-10-11-30(19(2)14-29)25(31)16-32-15-20-6-4-3-5-7-20/h3-9,12-13,17,19H,10-11,14-16H2,1-2H3. The molecule has 1 unspecified atom stereocenters. The zero-order valence-corrected chi connectivity index (χ0v) is 18.8. The van der Waals surface area contributed by atoms with E-state index in [1.54, 1.807) is 19.1 Å². The number of amides is 1. The number of carbonyl (C=O) groups excluding carboxylic acids is 1. The Morgan fingerprint density at radius 3 is 2.70 bits per heavy atom. The highest BCUT2D eigenvalue weighted by molar-refractivity contribution is 5.78. The smallest absolute Gasteiger partial charge is 0.248 e. The number of anilines is 1. The fourth-order valence-corrected chi connectivity index (χ4v) is 3.85. The Balaban J connectivity index is 1.32. The van der Waals surface area contributed by atoms with Gasteiger partial charge < -0.3 is 19.3 Å². The van der Waals surface area contributed by atoms with Crippen LogP contribution in [0, 0.1) is 12.7 Å². The average molecular weight is 451 g/mol. The summed E-state index contributed by atoms with van der Waals surface area (Å²) >= 11 is 0. The molecule has 33 heavy (non-hydrogen) atoms. The van der Waals surface area contributed by atoms with E-state index in [0.717, 1.165) is 11.4 Å². The van der Waals surface area contributed by atoms with Crippen LogP contribution in [0.4, 0.5) is 10.2 Å². The highest BCUT2D eigenvalue weighted by Crippen LogP contribution is 2.26. The van der Waals surface area contributed by atoms with Gasteiger partial charge in [0, 0.05) is 31.7 Å². The van der Waals surface area contributed by atoms with E-state index in [2.05, 4.69) is 14.9 Å². The molecule has 172 valence electrons. The Bertz CT molecular complexity index is 1100. The van der Waals surface area contributed by atoms with E-state index in [1.807, 2.05) is 42.2 Å². The molecule has 0 saturated carbocycles. The predicted octanol–water partition coefficient (Wildman–Crippen LogP) is 3.97. The average Bonchev–Trinajstić information content (AvgIpc) is 2.81. The Labute approximate surface area is 192 Å². The summed E-state index contributed by atoms with van der Waals surface area (Å²) in [6, 6.07) is 15.9. The fraction of sp³-hybridized carbons (Fsp3) is 0.320. The van der Waals surface area contributed by atoms with Crippen LogP contribution in [0.15, 0.2) is 60.9 Å². The topological polar surface area (TPSA) is 67.8 Å². The second-order valence-electron chi connectivity index (χ2n) is 8.09. The minimum atomic E-state index is -0.310. The van der Waals surface area contributed by atoms with Crippen molar-refractivity contribution in [1.82, 2.24) is 14.9 Å². The number of carbonyl (C=O) groups is 1. The van der Waals surface area contributed by atoms with Crippen LogP contribution in [-0.4, -0.2) is 53.1 Å². The number of ether oxygens (including phenoxy) is 2. The van der Waals surface area contributed by atoms with E-state index in [-0.39, 0.29) is 24.4 Å². The van der Waals surface area contributed by atoms with E-state index >= 15 is 0 Å². The molecule has 1 saturated heterocycles. The third-order valence-corrected chi connectivity index (χ3v) is 5.59. The van der Waals surface area contributed by atoms with Crippen LogP contribution in [0.5, 0.6) is 11.6 Å². The van der Waals surface area contributed by atoms with Crippen LogP contribution >= 0.6 is 0 Å². The summed E-state index contributed by atoms with van der Waals surface area (Å²) < 4.78 is 24.8. The maximum atomic E-state index is 13.3. The van der Waals surface area contributed by atoms with Crippen LogP contribution in [0.1, 0.15) is 18.1 Å². The molecule has 1 amide bonds. The van der Waals surface area contributed by atoms with Crippen LogP contribution in [0.2, 0.25) is 0 Å². The van der Waals surface area contributed by atoms with E-state index in [4.69, 9.17) is 9.47 Å². The third-order valence-electron chi connectivity index (χ3n) is 5.59. The lowest BCUT2D eigenvalue weighted by Gasteiger charge is -2.40. The first-order chi connectivity index (χ1) is 16.0. The van der Waals surface area contributed by atoms with Crippen LogP contribution < -0.4 is 9.64 Å². The molecule has 0 spiro atoms. The highest BCUT2D eigenvalue weighted by Gasteiger charge is 2.28. The Kier molecular flexibility index (Phi) is 7.14. The normalized spacial score (nSPS) is 16.0. The number of benzene rings is 2. The molecule has 7 nitrogen and oxygen atoms in total. The Morgan fingerprint density at radius 2 is 1.94 bits per heavy atom. The van der Waals surface area contributed by atoms with E-state index in [9.17, 15) is 9.18 Å². The molecular weight excluding hydrogens is 423 g/mol. The molecule has 2 heterocycles. The summed E-state index contributed by atoms with van der Waals surface area (Å²) in [6.07, 6.45) is 1.45. The molecule has 4 rings (SSSR count). The maximum Gasteiger partial charge on any atom is 0.248 e. The molecule has 0 N–H and O–H groups in total. The van der Waals surface area contributed by atoms with Gasteiger partial charge in [0.15, 0.2) is 0 Å². The summed E-state index contributed by atoms with van der Waals surface area (Å²) in [6.45, 7) is 6.12. The number of piperazine rings is 1. The molecule has 8 heteroatoms. The SMILES string of the molecule is Cc1cc(F)ccc1Oc1cc(N2CCN(C(=O)COCc3ccccc3)C(C)C2)ncn1. The lowest BCUT2D eigenvalue weighted by atomic mass is 10.2. The molecule has 2 aromatic carbocycles. The molecule has 1 atom stereocenters. The zero-order valence-electron chi connectivity index (χ0n) is 18.8. The van der Waals surface area contributed by atoms with Crippen molar-refractivity contribution in [1.29, 1.82) is 0 Å². The lowest BCUT2D eigenvalue weighted by Crippen LogP contribution is -2.55. The first kappa shape index (κ1) is 22.7. The van der Waals surface area contributed by atoms with Crippen LogP contribution in [0.3, 0.4) is 0 Å². The first-order valence-corrected chi connectivity index (χ1v) is 10.9. The summed E-state index contributed by atoms with van der Waals surface area (Å²) in [4.78, 5) is 25.2. The van der Waals surface area contributed by atoms with E-state index in [0.29, 0.717) is 43.4 Å². The van der Waals surface area contributed by atoms with Crippen LogP contribution in [-0.2, 0) is 16.1 Å². The van der Waals surface area contributed by atoms with Gasteiger partial charge in [-0.3, -0.25) is 4.79 Å². The summed E-state index contributed by atoms with van der Waals surface area (Å²) in [5.41, 5.74) is 1.73. The molecule has 1 aliphatic heterocycles. The first-order valence-electron chi connectivity index (χ1n) is 10.9. The number of nitrogens with zero attached hydrogens (tertiary/aromatic N) is 4. The van der Waals surface area contributed by atoms with Gasteiger partial charge in [0.1, 0.15) is 30.3 Å². The van der Waals surface area contributed by atoms with Gasteiger partial charge in [0.25, 0.3) is 0 Å². The largest absolute Gasteiger partial charge is 0.439 e. The van der Waals surface area contributed by atoms with Crippen molar-refractivity contribution in [2.24, 2.45) is 0 Å². The number of aromatic nitrogens is 2. The van der Waals surface area contributed by atoms with Crippen molar-refractivity contribution in [2.75, 3.05) is 31.1 Å². The number of hydrogen-bond acceptors (Lipinski definition) is 6. The maximum absolute atomic E-state index is 13.3. The van der Waals surface area contributed by atoms with Gasteiger partial charge in [-0.05, 0) is 43.2 Å². The van der Waals surface area contributed by atoms with E-state index in [1.165, 1.54) is 18.5 Å². The quantitative estimate of drug-likeness (QED) is 0.543. The van der Waals surface area contributed by atoms with E-state index < -0.39 is 0 Å². The van der Waals surface area contributed by atoms with Crippen molar-refractivity contribution >= 4 is 11.7 Å². The molecule has 0 aliphatic carbocycles. The zero-order chi connectivity index (χ0) is 23.2. The molecule has 0 bridgehead atoms. The highest BCUT2D eigenvalue weighted by atomic mass is 19.1. The Morgan fingerprint density at radius 1 is 1.12 bits per heavy atom. The molecular formula is C25H27FN4O3. The predicted molar refractivity (Wildman–Crippen MR) is 123 cm³/mol. The van der Waals surface area contributed by atoms with Gasteiger partial charge in [-0.25, -0.2) is 14.4 Å².